The van der Waals surface area contributed by atoms with E-state index in [1.807, 2.05) is 0 Å². The number of esters is 1. The number of H-pyrrole nitrogens is 1. The molecule has 0 radical (unpaired) electrons. The molecule has 2 aromatic rings. The number of hydrogen-bond donors (Lipinski definition) is 2. The molecular formula is C13H11N3O5. The first kappa shape index (κ1) is 14.3. The number of carbonyl (C=O) groups is 2. The predicted molar refractivity (Wildman–Crippen MR) is 73.2 cm³/mol. The lowest BCUT2D eigenvalue weighted by Gasteiger charge is -2.04. The van der Waals surface area contributed by atoms with Crippen LogP contribution in [0.4, 0.5) is 11.4 Å². The molecule has 0 aliphatic rings. The number of nitro groups is 1. The van der Waals surface area contributed by atoms with Gasteiger partial charge in [-0.1, -0.05) is 0 Å². The van der Waals surface area contributed by atoms with Gasteiger partial charge in [0.2, 0.25) is 0 Å². The largest absolute Gasteiger partial charge is 0.465 e. The van der Waals surface area contributed by atoms with E-state index in [2.05, 4.69) is 15.0 Å². The van der Waals surface area contributed by atoms with E-state index in [9.17, 15) is 19.7 Å². The molecule has 0 atom stereocenters. The van der Waals surface area contributed by atoms with Crippen LogP contribution in [0.1, 0.15) is 20.8 Å². The third kappa shape index (κ3) is 3.24. The van der Waals surface area contributed by atoms with Gasteiger partial charge in [-0.05, 0) is 24.3 Å². The van der Waals surface area contributed by atoms with Crippen molar-refractivity contribution < 1.29 is 19.2 Å². The minimum atomic E-state index is -0.599. The van der Waals surface area contributed by atoms with Crippen LogP contribution in [0, 0.1) is 10.1 Å². The number of methoxy groups -OCH3 is 1. The van der Waals surface area contributed by atoms with Crippen molar-refractivity contribution in [2.45, 2.75) is 0 Å². The van der Waals surface area contributed by atoms with E-state index < -0.39 is 16.8 Å². The summed E-state index contributed by atoms with van der Waals surface area (Å²) >= 11 is 0. The number of amides is 1. The zero-order valence-corrected chi connectivity index (χ0v) is 11.0. The molecule has 108 valence electrons. The molecule has 1 aromatic heterocycles. The lowest BCUT2D eigenvalue weighted by molar-refractivity contribution is -0.384. The fourth-order valence-electron chi connectivity index (χ4n) is 1.63. The van der Waals surface area contributed by atoms with Crippen LogP contribution < -0.4 is 5.32 Å². The lowest BCUT2D eigenvalue weighted by Crippen LogP contribution is -2.12. The summed E-state index contributed by atoms with van der Waals surface area (Å²) in [6.45, 7) is 0. The second kappa shape index (κ2) is 5.87. The van der Waals surface area contributed by atoms with Gasteiger partial charge in [0.15, 0.2) is 0 Å². The van der Waals surface area contributed by atoms with Crippen molar-refractivity contribution >= 4 is 23.3 Å². The second-order valence-corrected chi connectivity index (χ2v) is 4.05. The predicted octanol–water partition coefficient (Wildman–Crippen LogP) is 1.96. The van der Waals surface area contributed by atoms with Crippen LogP contribution in [0.25, 0.3) is 0 Å². The Morgan fingerprint density at radius 3 is 2.48 bits per heavy atom. The Morgan fingerprint density at radius 1 is 1.29 bits per heavy atom. The van der Waals surface area contributed by atoms with Gasteiger partial charge in [-0.3, -0.25) is 14.9 Å². The molecule has 21 heavy (non-hydrogen) atoms. The van der Waals surface area contributed by atoms with Crippen LogP contribution >= 0.6 is 0 Å². The molecule has 0 fully saturated rings. The molecule has 0 aliphatic heterocycles. The normalized spacial score (nSPS) is 9.95. The number of nitrogens with zero attached hydrogens (tertiary/aromatic N) is 1. The van der Waals surface area contributed by atoms with Gasteiger partial charge in [-0.25, -0.2) is 4.79 Å². The number of hydrogen-bond acceptors (Lipinski definition) is 5. The Morgan fingerprint density at radius 2 is 1.95 bits per heavy atom. The third-order valence-corrected chi connectivity index (χ3v) is 2.69. The highest BCUT2D eigenvalue weighted by Crippen LogP contribution is 2.15. The standard InChI is InChI=1S/C13H11N3O5/c1-21-13(18)8-2-4-9(5-3-8)15-12(17)11-6-10(7-14-11)16(19)20/h2-7,14H,1H3,(H,15,17). The molecule has 1 amide bonds. The molecular weight excluding hydrogens is 278 g/mol. The SMILES string of the molecule is COC(=O)c1ccc(NC(=O)c2cc([N+](=O)[O-])c[nH]2)cc1. The van der Waals surface area contributed by atoms with Crippen LogP contribution in [0.15, 0.2) is 36.5 Å². The maximum atomic E-state index is 11.9. The Labute approximate surface area is 118 Å². The number of rotatable bonds is 4. The quantitative estimate of drug-likeness (QED) is 0.507. The van der Waals surface area contributed by atoms with E-state index in [0.717, 1.165) is 12.3 Å². The summed E-state index contributed by atoms with van der Waals surface area (Å²) in [4.78, 5) is 35.6. The van der Waals surface area contributed by atoms with E-state index in [1.54, 1.807) is 0 Å². The fraction of sp³-hybridized carbons (Fsp3) is 0.0769. The number of ether oxygens (including phenoxy) is 1. The van der Waals surface area contributed by atoms with Gasteiger partial charge in [-0.2, -0.15) is 0 Å². The highest BCUT2D eigenvalue weighted by atomic mass is 16.6. The first-order valence-corrected chi connectivity index (χ1v) is 5.84. The number of aromatic amines is 1. The van der Waals surface area contributed by atoms with Crippen LogP contribution in [0.2, 0.25) is 0 Å². The van der Waals surface area contributed by atoms with Crippen LogP contribution in [0.3, 0.4) is 0 Å². The minimum absolute atomic E-state index is 0.0683. The minimum Gasteiger partial charge on any atom is -0.465 e. The van der Waals surface area contributed by atoms with Crippen molar-refractivity contribution in [1.29, 1.82) is 0 Å². The summed E-state index contributed by atoms with van der Waals surface area (Å²) in [5, 5.41) is 13.1. The Hall–Kier alpha value is -3.16. The Bertz CT molecular complexity index is 690. The van der Waals surface area contributed by atoms with Gasteiger partial charge in [0.25, 0.3) is 11.6 Å². The van der Waals surface area contributed by atoms with Crippen LogP contribution in [0.5, 0.6) is 0 Å². The number of nitrogens with one attached hydrogen (secondary N) is 2. The molecule has 0 aliphatic carbocycles. The molecule has 8 heteroatoms. The topological polar surface area (TPSA) is 114 Å². The summed E-state index contributed by atoms with van der Waals surface area (Å²) in [6, 6.07) is 7.19. The van der Waals surface area contributed by atoms with Crippen molar-refractivity contribution in [2.24, 2.45) is 0 Å². The molecule has 1 heterocycles. The summed E-state index contributed by atoms with van der Waals surface area (Å²) in [5.41, 5.74) is 0.677. The van der Waals surface area contributed by atoms with Crippen molar-refractivity contribution in [2.75, 3.05) is 12.4 Å². The highest BCUT2D eigenvalue weighted by molar-refractivity contribution is 6.03. The molecule has 2 rings (SSSR count). The maximum Gasteiger partial charge on any atom is 0.337 e. The van der Waals surface area contributed by atoms with Gasteiger partial charge in [0.05, 0.1) is 23.8 Å². The second-order valence-electron chi connectivity index (χ2n) is 4.05. The summed E-state index contributed by atoms with van der Waals surface area (Å²) in [6.07, 6.45) is 1.13. The van der Waals surface area contributed by atoms with E-state index >= 15 is 0 Å². The van der Waals surface area contributed by atoms with Gasteiger partial charge in [0.1, 0.15) is 5.69 Å². The Balaban J connectivity index is 2.08. The van der Waals surface area contributed by atoms with Gasteiger partial charge in [0, 0.05) is 11.8 Å². The molecule has 8 nitrogen and oxygen atoms in total. The van der Waals surface area contributed by atoms with Gasteiger partial charge >= 0.3 is 5.97 Å². The number of benzene rings is 1. The molecule has 0 unspecified atom stereocenters. The summed E-state index contributed by atoms with van der Waals surface area (Å²) < 4.78 is 4.56. The first-order valence-electron chi connectivity index (χ1n) is 5.84. The monoisotopic (exact) mass is 289 g/mol. The zero-order chi connectivity index (χ0) is 15.4. The molecule has 0 saturated heterocycles. The smallest absolute Gasteiger partial charge is 0.337 e. The highest BCUT2D eigenvalue weighted by Gasteiger charge is 2.14. The first-order chi connectivity index (χ1) is 10.0. The molecule has 0 spiro atoms. The van der Waals surface area contributed by atoms with E-state index in [-0.39, 0.29) is 11.4 Å². The summed E-state index contributed by atoms with van der Waals surface area (Å²) in [7, 11) is 1.27. The number of aromatic nitrogens is 1. The molecule has 0 bridgehead atoms. The number of carbonyl (C=O) groups excluding carboxylic acids is 2. The molecule has 0 saturated carbocycles. The van der Waals surface area contributed by atoms with E-state index in [4.69, 9.17) is 0 Å². The van der Waals surface area contributed by atoms with E-state index in [0.29, 0.717) is 11.3 Å². The van der Waals surface area contributed by atoms with Gasteiger partial charge < -0.3 is 15.0 Å². The average Bonchev–Trinajstić information content (AvgIpc) is 2.97. The molecule has 1 aromatic carbocycles. The maximum absolute atomic E-state index is 11.9. The molecule has 2 N–H and O–H groups in total. The Kier molecular flexibility index (Phi) is 3.98. The zero-order valence-electron chi connectivity index (χ0n) is 11.0. The van der Waals surface area contributed by atoms with Crippen molar-refractivity contribution in [1.82, 2.24) is 4.98 Å². The van der Waals surface area contributed by atoms with Crippen molar-refractivity contribution in [3.8, 4) is 0 Å². The van der Waals surface area contributed by atoms with Gasteiger partial charge in [-0.15, -0.1) is 0 Å². The van der Waals surface area contributed by atoms with Crippen molar-refractivity contribution in [3.05, 3.63) is 57.9 Å². The number of anilines is 1. The average molecular weight is 289 g/mol. The van der Waals surface area contributed by atoms with Crippen LogP contribution in [-0.4, -0.2) is 28.9 Å². The summed E-state index contributed by atoms with van der Waals surface area (Å²) in [5.74, 6) is -0.998. The third-order valence-electron chi connectivity index (χ3n) is 2.69. The fourth-order valence-corrected chi connectivity index (χ4v) is 1.63. The lowest BCUT2D eigenvalue weighted by atomic mass is 10.2. The van der Waals surface area contributed by atoms with Crippen LogP contribution in [-0.2, 0) is 4.74 Å². The van der Waals surface area contributed by atoms with E-state index in [1.165, 1.54) is 31.4 Å². The van der Waals surface area contributed by atoms with Crippen molar-refractivity contribution in [3.63, 3.8) is 0 Å².